The summed E-state index contributed by atoms with van der Waals surface area (Å²) < 4.78 is 0. The fourth-order valence-electron chi connectivity index (χ4n) is 3.82. The second-order valence-electron chi connectivity index (χ2n) is 6.72. The molecule has 1 aliphatic heterocycles. The predicted octanol–water partition coefficient (Wildman–Crippen LogP) is 3.15. The van der Waals surface area contributed by atoms with Crippen LogP contribution in [0.3, 0.4) is 0 Å². The molecule has 2 nitrogen and oxygen atoms in total. The summed E-state index contributed by atoms with van der Waals surface area (Å²) >= 11 is 0. The van der Waals surface area contributed by atoms with E-state index in [1.54, 1.807) is 0 Å². The summed E-state index contributed by atoms with van der Waals surface area (Å²) in [5, 5.41) is 0. The number of nitrogens with zero attached hydrogens (tertiary/aromatic N) is 1. The average Bonchev–Trinajstić information content (AvgIpc) is 2.82. The van der Waals surface area contributed by atoms with Gasteiger partial charge in [0.2, 0.25) is 0 Å². The van der Waals surface area contributed by atoms with E-state index in [1.807, 2.05) is 0 Å². The van der Waals surface area contributed by atoms with E-state index in [9.17, 15) is 0 Å². The maximum Gasteiger partial charge on any atom is 0.0257 e. The molecule has 1 aromatic carbocycles. The fourth-order valence-corrected chi connectivity index (χ4v) is 3.82. The zero-order chi connectivity index (χ0) is 13.4. The van der Waals surface area contributed by atoms with Crippen molar-refractivity contribution < 1.29 is 0 Å². The maximum absolute atomic E-state index is 6.41. The number of rotatable bonds is 2. The Morgan fingerprint density at radius 1 is 1.11 bits per heavy atom. The molecule has 0 saturated heterocycles. The van der Waals surface area contributed by atoms with Crippen molar-refractivity contribution >= 4 is 0 Å². The van der Waals surface area contributed by atoms with Crippen LogP contribution in [0.4, 0.5) is 0 Å². The van der Waals surface area contributed by atoms with Gasteiger partial charge in [-0.3, -0.25) is 4.90 Å². The van der Waals surface area contributed by atoms with Crippen LogP contribution < -0.4 is 5.73 Å². The van der Waals surface area contributed by atoms with Crippen LogP contribution in [-0.2, 0) is 13.1 Å². The third-order valence-electron chi connectivity index (χ3n) is 5.19. The monoisotopic (exact) mass is 258 g/mol. The number of benzene rings is 1. The molecule has 2 N–H and O–H groups in total. The van der Waals surface area contributed by atoms with Gasteiger partial charge in [0.1, 0.15) is 0 Å². The van der Waals surface area contributed by atoms with Crippen LogP contribution in [0, 0.1) is 11.8 Å². The van der Waals surface area contributed by atoms with Crippen molar-refractivity contribution in [2.24, 2.45) is 17.6 Å². The summed E-state index contributed by atoms with van der Waals surface area (Å²) in [6.07, 6.45) is 3.79. The zero-order valence-corrected chi connectivity index (χ0v) is 12.2. The number of nitrogens with two attached hydrogens (primary N) is 1. The van der Waals surface area contributed by atoms with Crippen molar-refractivity contribution in [3.05, 3.63) is 35.4 Å². The highest BCUT2D eigenvalue weighted by molar-refractivity contribution is 5.30. The molecule has 0 bridgehead atoms. The molecule has 0 spiro atoms. The fraction of sp³-hybridized carbons (Fsp3) is 0.647. The standard InChI is InChI=1S/C17H26N2/c1-12(2)13-7-8-16(18)17(9-13)19-10-14-5-3-4-6-15(14)11-19/h3-6,12-13,16-17H,7-11,18H2,1-2H3. The molecule has 1 fully saturated rings. The maximum atomic E-state index is 6.41. The van der Waals surface area contributed by atoms with Gasteiger partial charge in [-0.2, -0.15) is 0 Å². The van der Waals surface area contributed by atoms with Crippen LogP contribution in [-0.4, -0.2) is 17.0 Å². The van der Waals surface area contributed by atoms with Crippen LogP contribution in [0.2, 0.25) is 0 Å². The van der Waals surface area contributed by atoms with Crippen molar-refractivity contribution in [2.75, 3.05) is 0 Å². The Morgan fingerprint density at radius 3 is 2.32 bits per heavy atom. The molecule has 2 aliphatic rings. The Morgan fingerprint density at radius 2 is 1.74 bits per heavy atom. The zero-order valence-electron chi connectivity index (χ0n) is 12.2. The minimum atomic E-state index is 0.365. The first-order chi connectivity index (χ1) is 9.15. The molecule has 1 saturated carbocycles. The van der Waals surface area contributed by atoms with Crippen molar-refractivity contribution in [1.82, 2.24) is 4.90 Å². The van der Waals surface area contributed by atoms with Crippen molar-refractivity contribution in [1.29, 1.82) is 0 Å². The highest BCUT2D eigenvalue weighted by Crippen LogP contribution is 2.35. The Hall–Kier alpha value is -0.860. The molecule has 2 heteroatoms. The Bertz CT molecular complexity index is 416. The van der Waals surface area contributed by atoms with Gasteiger partial charge in [-0.1, -0.05) is 38.1 Å². The summed E-state index contributed by atoms with van der Waals surface area (Å²) in [6, 6.07) is 9.78. The van der Waals surface area contributed by atoms with E-state index in [2.05, 4.69) is 43.0 Å². The number of hydrogen-bond acceptors (Lipinski definition) is 2. The van der Waals surface area contributed by atoms with Gasteiger partial charge in [-0.05, 0) is 42.2 Å². The molecular formula is C17H26N2. The van der Waals surface area contributed by atoms with Crippen LogP contribution in [0.5, 0.6) is 0 Å². The first-order valence-corrected chi connectivity index (χ1v) is 7.71. The topological polar surface area (TPSA) is 29.3 Å². The van der Waals surface area contributed by atoms with Crippen LogP contribution in [0.15, 0.2) is 24.3 Å². The molecular weight excluding hydrogens is 232 g/mol. The SMILES string of the molecule is CC(C)C1CCC(N)C(N2Cc3ccccc3C2)C1. The highest BCUT2D eigenvalue weighted by Gasteiger charge is 2.35. The van der Waals surface area contributed by atoms with E-state index < -0.39 is 0 Å². The lowest BCUT2D eigenvalue weighted by Gasteiger charge is -2.41. The molecule has 3 rings (SSSR count). The van der Waals surface area contributed by atoms with E-state index in [0.717, 1.165) is 24.9 Å². The first kappa shape index (κ1) is 13.1. The molecule has 0 aromatic heterocycles. The molecule has 1 aliphatic carbocycles. The van der Waals surface area contributed by atoms with Crippen molar-refractivity contribution in [3.63, 3.8) is 0 Å². The lowest BCUT2D eigenvalue weighted by atomic mass is 9.76. The predicted molar refractivity (Wildman–Crippen MR) is 79.6 cm³/mol. The molecule has 1 aromatic rings. The molecule has 1 heterocycles. The normalized spacial score (nSPS) is 31.7. The Labute approximate surface area is 117 Å². The lowest BCUT2D eigenvalue weighted by molar-refractivity contribution is 0.0948. The first-order valence-electron chi connectivity index (χ1n) is 7.71. The van der Waals surface area contributed by atoms with E-state index in [-0.39, 0.29) is 0 Å². The van der Waals surface area contributed by atoms with Gasteiger partial charge in [0, 0.05) is 25.2 Å². The van der Waals surface area contributed by atoms with Gasteiger partial charge >= 0.3 is 0 Å². The molecule has 3 unspecified atom stereocenters. The summed E-state index contributed by atoms with van der Waals surface area (Å²) in [4.78, 5) is 2.61. The molecule has 0 radical (unpaired) electrons. The minimum absolute atomic E-state index is 0.365. The summed E-state index contributed by atoms with van der Waals surface area (Å²) in [7, 11) is 0. The van der Waals surface area contributed by atoms with E-state index in [1.165, 1.54) is 30.4 Å². The largest absolute Gasteiger partial charge is 0.326 e. The van der Waals surface area contributed by atoms with Crippen LogP contribution in [0.25, 0.3) is 0 Å². The summed E-state index contributed by atoms with van der Waals surface area (Å²) in [5.74, 6) is 1.65. The molecule has 104 valence electrons. The Balaban J connectivity index is 1.72. The van der Waals surface area contributed by atoms with Gasteiger partial charge in [0.05, 0.1) is 0 Å². The average molecular weight is 258 g/mol. The highest BCUT2D eigenvalue weighted by atomic mass is 15.2. The lowest BCUT2D eigenvalue weighted by Crippen LogP contribution is -2.50. The second kappa shape index (κ2) is 5.26. The van der Waals surface area contributed by atoms with Gasteiger partial charge in [0.25, 0.3) is 0 Å². The van der Waals surface area contributed by atoms with E-state index in [4.69, 9.17) is 5.73 Å². The third kappa shape index (κ3) is 2.56. The van der Waals surface area contributed by atoms with Crippen LogP contribution >= 0.6 is 0 Å². The van der Waals surface area contributed by atoms with Gasteiger partial charge < -0.3 is 5.73 Å². The number of fused-ring (bicyclic) bond motifs is 1. The Kier molecular flexibility index (Phi) is 3.64. The third-order valence-corrected chi connectivity index (χ3v) is 5.19. The minimum Gasteiger partial charge on any atom is -0.326 e. The van der Waals surface area contributed by atoms with Crippen molar-refractivity contribution in [2.45, 2.75) is 58.3 Å². The van der Waals surface area contributed by atoms with Crippen molar-refractivity contribution in [3.8, 4) is 0 Å². The quantitative estimate of drug-likeness (QED) is 0.883. The molecule has 0 amide bonds. The van der Waals surface area contributed by atoms with E-state index in [0.29, 0.717) is 12.1 Å². The summed E-state index contributed by atoms with van der Waals surface area (Å²) in [6.45, 7) is 6.91. The summed E-state index contributed by atoms with van der Waals surface area (Å²) in [5.41, 5.74) is 9.42. The van der Waals surface area contributed by atoms with Gasteiger partial charge in [0.15, 0.2) is 0 Å². The van der Waals surface area contributed by atoms with Gasteiger partial charge in [-0.25, -0.2) is 0 Å². The van der Waals surface area contributed by atoms with Gasteiger partial charge in [-0.15, -0.1) is 0 Å². The second-order valence-corrected chi connectivity index (χ2v) is 6.72. The number of hydrogen-bond donors (Lipinski definition) is 1. The smallest absolute Gasteiger partial charge is 0.0257 e. The molecule has 3 atom stereocenters. The van der Waals surface area contributed by atoms with Crippen LogP contribution in [0.1, 0.15) is 44.2 Å². The molecule has 19 heavy (non-hydrogen) atoms. The van der Waals surface area contributed by atoms with E-state index >= 15 is 0 Å².